The van der Waals surface area contributed by atoms with E-state index in [-0.39, 0.29) is 11.4 Å². The summed E-state index contributed by atoms with van der Waals surface area (Å²) in [5, 5.41) is 0. The van der Waals surface area contributed by atoms with Crippen LogP contribution in [-0.4, -0.2) is 22.4 Å². The molecule has 1 aliphatic rings. The predicted molar refractivity (Wildman–Crippen MR) is 35.1 cm³/mol. The van der Waals surface area contributed by atoms with Crippen LogP contribution in [0.15, 0.2) is 0 Å². The largest absolute Gasteiger partial charge is 0.351 e. The summed E-state index contributed by atoms with van der Waals surface area (Å²) in [6, 6.07) is -0.652. The molecule has 10 heavy (non-hydrogen) atoms. The monoisotopic (exact) mass is 142 g/mol. The van der Waals surface area contributed by atoms with Crippen molar-refractivity contribution in [3.05, 3.63) is 0 Å². The molecule has 0 aromatic rings. The molecule has 2 N–H and O–H groups in total. The topological polar surface area (TPSA) is 63.4 Å². The minimum absolute atomic E-state index is 0.183. The molecule has 0 bridgehead atoms. The van der Waals surface area contributed by atoms with Crippen LogP contribution < -0.4 is 5.73 Å². The maximum atomic E-state index is 10.7. The van der Waals surface area contributed by atoms with Crippen molar-refractivity contribution in [3.8, 4) is 0 Å². The van der Waals surface area contributed by atoms with E-state index in [1.165, 1.54) is 0 Å². The van der Waals surface area contributed by atoms with Gasteiger partial charge in [0.1, 0.15) is 0 Å². The second-order valence-corrected chi connectivity index (χ2v) is 3.06. The van der Waals surface area contributed by atoms with E-state index in [1.807, 2.05) is 0 Å². The van der Waals surface area contributed by atoms with Gasteiger partial charge in [-0.3, -0.25) is 9.69 Å². The standard InChI is InChI=1S/C6H10N2O2/c1-6(2)3-4(9)8(6)5(7)10/h3H2,1-2H3,(H2,7,10). The molecule has 0 aromatic heterocycles. The highest BCUT2D eigenvalue weighted by molar-refractivity contribution is 6.00. The number of hydrogen-bond acceptors (Lipinski definition) is 2. The first-order valence-corrected chi connectivity index (χ1v) is 3.07. The van der Waals surface area contributed by atoms with E-state index in [9.17, 15) is 9.59 Å². The number of nitrogens with zero attached hydrogens (tertiary/aromatic N) is 1. The molecule has 56 valence electrons. The zero-order valence-electron chi connectivity index (χ0n) is 6.05. The average molecular weight is 142 g/mol. The van der Waals surface area contributed by atoms with Crippen LogP contribution in [0.1, 0.15) is 20.3 Å². The van der Waals surface area contributed by atoms with Crippen molar-refractivity contribution in [1.29, 1.82) is 0 Å². The van der Waals surface area contributed by atoms with Gasteiger partial charge in [-0.1, -0.05) is 0 Å². The van der Waals surface area contributed by atoms with Crippen LogP contribution in [0, 0.1) is 0 Å². The summed E-state index contributed by atoms with van der Waals surface area (Å²) in [6.07, 6.45) is 0.413. The summed E-state index contributed by atoms with van der Waals surface area (Å²) in [6.45, 7) is 3.61. The molecule has 0 unspecified atom stereocenters. The van der Waals surface area contributed by atoms with Crippen LogP contribution >= 0.6 is 0 Å². The Morgan fingerprint density at radius 1 is 1.70 bits per heavy atom. The van der Waals surface area contributed by atoms with Gasteiger partial charge >= 0.3 is 6.03 Å². The van der Waals surface area contributed by atoms with Gasteiger partial charge in [-0.25, -0.2) is 4.79 Å². The molecule has 1 rings (SSSR count). The normalized spacial score (nSPS) is 22.2. The Hall–Kier alpha value is -1.06. The lowest BCUT2D eigenvalue weighted by atomic mass is 9.89. The van der Waals surface area contributed by atoms with E-state index >= 15 is 0 Å². The summed E-state index contributed by atoms with van der Waals surface area (Å²) in [4.78, 5) is 22.3. The minimum Gasteiger partial charge on any atom is -0.351 e. The lowest BCUT2D eigenvalue weighted by Gasteiger charge is -2.44. The maximum Gasteiger partial charge on any atom is 0.321 e. The van der Waals surface area contributed by atoms with Gasteiger partial charge in [0.15, 0.2) is 0 Å². The summed E-state index contributed by atoms with van der Waals surface area (Å²) in [5.74, 6) is -0.183. The van der Waals surface area contributed by atoms with Crippen molar-refractivity contribution >= 4 is 11.9 Å². The van der Waals surface area contributed by atoms with Crippen molar-refractivity contribution < 1.29 is 9.59 Å². The van der Waals surface area contributed by atoms with E-state index in [4.69, 9.17) is 5.73 Å². The number of carbonyl (C=O) groups is 2. The highest BCUT2D eigenvalue weighted by atomic mass is 16.2. The summed E-state index contributed by atoms with van der Waals surface area (Å²) in [5.41, 5.74) is 4.57. The van der Waals surface area contributed by atoms with Crippen LogP contribution in [0.25, 0.3) is 0 Å². The molecule has 0 radical (unpaired) electrons. The number of hydrogen-bond donors (Lipinski definition) is 1. The van der Waals surface area contributed by atoms with Crippen LogP contribution in [-0.2, 0) is 4.79 Å². The molecule has 4 nitrogen and oxygen atoms in total. The number of primary amides is 1. The van der Waals surface area contributed by atoms with Gasteiger partial charge in [0, 0.05) is 0 Å². The number of imide groups is 1. The van der Waals surface area contributed by atoms with Crippen molar-refractivity contribution in [2.75, 3.05) is 0 Å². The summed E-state index contributed by atoms with van der Waals surface area (Å²) >= 11 is 0. The lowest BCUT2D eigenvalue weighted by molar-refractivity contribution is -0.146. The zero-order valence-corrected chi connectivity index (χ0v) is 6.05. The zero-order chi connectivity index (χ0) is 7.94. The van der Waals surface area contributed by atoms with E-state index in [2.05, 4.69) is 0 Å². The molecule has 0 aromatic carbocycles. The molecule has 0 aliphatic carbocycles. The van der Waals surface area contributed by atoms with Gasteiger partial charge in [0.05, 0.1) is 12.0 Å². The number of nitrogens with two attached hydrogens (primary N) is 1. The second-order valence-electron chi connectivity index (χ2n) is 3.06. The fraction of sp³-hybridized carbons (Fsp3) is 0.667. The average Bonchev–Trinajstić information content (AvgIpc) is 1.58. The molecule has 0 saturated carbocycles. The first-order chi connectivity index (χ1) is 4.45. The van der Waals surface area contributed by atoms with Gasteiger partial charge in [-0.15, -0.1) is 0 Å². The first kappa shape index (κ1) is 7.05. The smallest absolute Gasteiger partial charge is 0.321 e. The maximum absolute atomic E-state index is 10.7. The molecule has 1 saturated heterocycles. The SMILES string of the molecule is CC1(C)CC(=O)N1C(N)=O. The van der Waals surface area contributed by atoms with Crippen molar-refractivity contribution in [2.45, 2.75) is 25.8 Å². The number of rotatable bonds is 0. The van der Waals surface area contributed by atoms with Gasteiger partial charge in [-0.2, -0.15) is 0 Å². The fourth-order valence-corrected chi connectivity index (χ4v) is 1.20. The second kappa shape index (κ2) is 1.71. The number of amides is 3. The number of urea groups is 1. The van der Waals surface area contributed by atoms with Crippen molar-refractivity contribution in [1.82, 2.24) is 4.90 Å². The molecule has 0 spiro atoms. The highest BCUT2D eigenvalue weighted by Gasteiger charge is 2.46. The van der Waals surface area contributed by atoms with Crippen LogP contribution in [0.3, 0.4) is 0 Å². The third-order valence-corrected chi connectivity index (χ3v) is 1.66. The molecule has 4 heteroatoms. The third-order valence-electron chi connectivity index (χ3n) is 1.66. The highest BCUT2D eigenvalue weighted by Crippen LogP contribution is 2.29. The Labute approximate surface area is 59.0 Å². The molecule has 0 atom stereocenters. The van der Waals surface area contributed by atoms with Crippen molar-refractivity contribution in [3.63, 3.8) is 0 Å². The molecule has 1 fully saturated rings. The Bertz CT molecular complexity index is 190. The Morgan fingerprint density at radius 3 is 2.30 bits per heavy atom. The van der Waals surface area contributed by atoms with E-state index in [1.54, 1.807) is 13.8 Å². The fourth-order valence-electron chi connectivity index (χ4n) is 1.20. The quantitative estimate of drug-likeness (QED) is 0.486. The van der Waals surface area contributed by atoms with Gasteiger partial charge in [0.25, 0.3) is 0 Å². The number of carbonyl (C=O) groups excluding carboxylic acids is 2. The van der Waals surface area contributed by atoms with Crippen LogP contribution in [0.5, 0.6) is 0 Å². The van der Waals surface area contributed by atoms with Gasteiger partial charge < -0.3 is 5.73 Å². The Kier molecular flexibility index (Phi) is 1.21. The molecular formula is C6H10N2O2. The van der Waals surface area contributed by atoms with E-state index < -0.39 is 6.03 Å². The lowest BCUT2D eigenvalue weighted by Crippen LogP contribution is -2.63. The first-order valence-electron chi connectivity index (χ1n) is 3.07. The summed E-state index contributed by atoms with van der Waals surface area (Å²) in [7, 11) is 0. The third kappa shape index (κ3) is 0.761. The van der Waals surface area contributed by atoms with E-state index in [0.717, 1.165) is 4.90 Å². The van der Waals surface area contributed by atoms with Gasteiger partial charge in [-0.05, 0) is 13.8 Å². The van der Waals surface area contributed by atoms with Gasteiger partial charge in [0.2, 0.25) is 5.91 Å². The molecule has 1 aliphatic heterocycles. The molecule has 1 heterocycles. The van der Waals surface area contributed by atoms with Crippen molar-refractivity contribution in [2.24, 2.45) is 5.73 Å². The Morgan fingerprint density at radius 2 is 2.20 bits per heavy atom. The molecular weight excluding hydrogens is 132 g/mol. The number of β-lactam (4-membered cyclic amide) rings is 1. The number of likely N-dealkylation sites (tertiary alicyclic amines) is 1. The van der Waals surface area contributed by atoms with E-state index in [0.29, 0.717) is 6.42 Å². The minimum atomic E-state index is -0.652. The predicted octanol–water partition coefficient (Wildman–Crippen LogP) is 0.0760. The Balaban J connectivity index is 2.75. The summed E-state index contributed by atoms with van der Waals surface area (Å²) < 4.78 is 0. The van der Waals surface area contributed by atoms with Crippen LogP contribution in [0.2, 0.25) is 0 Å². The molecule has 3 amide bonds. The van der Waals surface area contributed by atoms with Crippen LogP contribution in [0.4, 0.5) is 4.79 Å².